The number of aromatic nitrogens is 4. The Bertz CT molecular complexity index is 2810. The maximum absolute atomic E-state index is 5.12. The van der Waals surface area contributed by atoms with Gasteiger partial charge in [0.1, 0.15) is 0 Å². The van der Waals surface area contributed by atoms with Crippen molar-refractivity contribution in [1.29, 1.82) is 0 Å². The molecule has 0 amide bonds. The summed E-state index contributed by atoms with van der Waals surface area (Å²) in [7, 11) is 0. The molecule has 0 atom stereocenters. The van der Waals surface area contributed by atoms with Crippen molar-refractivity contribution in [2.24, 2.45) is 0 Å². The Balaban J connectivity index is 1.08. The number of thiophene rings is 1. The molecule has 0 unspecified atom stereocenters. The molecule has 0 spiro atoms. The molecular formula is C45H28N4S. The lowest BCUT2D eigenvalue weighted by atomic mass is 10.0. The highest BCUT2D eigenvalue weighted by atomic mass is 32.1. The molecule has 10 rings (SSSR count). The average molecular weight is 657 g/mol. The monoisotopic (exact) mass is 656 g/mol. The Morgan fingerprint density at radius 3 is 1.66 bits per heavy atom. The normalized spacial score (nSPS) is 11.6. The summed E-state index contributed by atoms with van der Waals surface area (Å²) in [6, 6.07) is 59.7. The lowest BCUT2D eigenvalue weighted by molar-refractivity contribution is 1.08. The summed E-state index contributed by atoms with van der Waals surface area (Å²) >= 11 is 1.80. The molecule has 50 heavy (non-hydrogen) atoms. The third-order valence-electron chi connectivity index (χ3n) is 9.47. The molecule has 0 aliphatic carbocycles. The molecular weight excluding hydrogens is 629 g/mol. The van der Waals surface area contributed by atoms with Gasteiger partial charge >= 0.3 is 0 Å². The predicted octanol–water partition coefficient (Wildman–Crippen LogP) is 12.0. The van der Waals surface area contributed by atoms with Crippen LogP contribution in [0.4, 0.5) is 0 Å². The summed E-state index contributed by atoms with van der Waals surface area (Å²) in [6.07, 6.45) is 0. The Labute approximate surface area is 292 Å². The molecule has 3 aromatic heterocycles. The van der Waals surface area contributed by atoms with Crippen molar-refractivity contribution in [2.45, 2.75) is 0 Å². The van der Waals surface area contributed by atoms with Crippen molar-refractivity contribution in [3.05, 3.63) is 170 Å². The van der Waals surface area contributed by atoms with Crippen LogP contribution in [0.15, 0.2) is 170 Å². The number of fused-ring (bicyclic) bond motifs is 6. The van der Waals surface area contributed by atoms with Crippen LogP contribution in [0.5, 0.6) is 0 Å². The zero-order chi connectivity index (χ0) is 33.0. The average Bonchev–Trinajstić information content (AvgIpc) is 3.74. The van der Waals surface area contributed by atoms with Crippen LogP contribution in [-0.2, 0) is 0 Å². The predicted molar refractivity (Wildman–Crippen MR) is 209 cm³/mol. The first-order valence-electron chi connectivity index (χ1n) is 16.7. The second-order valence-electron chi connectivity index (χ2n) is 12.4. The van der Waals surface area contributed by atoms with E-state index in [-0.39, 0.29) is 0 Å². The van der Waals surface area contributed by atoms with Crippen LogP contribution in [0, 0.1) is 0 Å². The summed E-state index contributed by atoms with van der Waals surface area (Å²) in [4.78, 5) is 15.2. The van der Waals surface area contributed by atoms with E-state index in [2.05, 4.69) is 156 Å². The Morgan fingerprint density at radius 1 is 0.380 bits per heavy atom. The molecule has 4 nitrogen and oxygen atoms in total. The minimum absolute atomic E-state index is 0.649. The molecule has 0 radical (unpaired) electrons. The molecule has 5 heteroatoms. The Hall–Kier alpha value is -6.43. The van der Waals surface area contributed by atoms with Crippen LogP contribution in [0.1, 0.15) is 0 Å². The van der Waals surface area contributed by atoms with E-state index in [4.69, 9.17) is 15.0 Å². The quantitative estimate of drug-likeness (QED) is 0.185. The lowest BCUT2D eigenvalue weighted by Gasteiger charge is -2.11. The maximum atomic E-state index is 5.12. The zero-order valence-electron chi connectivity index (χ0n) is 26.9. The summed E-state index contributed by atoms with van der Waals surface area (Å²) in [5.41, 5.74) is 8.72. The number of rotatable bonds is 5. The lowest BCUT2D eigenvalue weighted by Crippen LogP contribution is -2.00. The van der Waals surface area contributed by atoms with E-state index in [0.29, 0.717) is 17.5 Å². The van der Waals surface area contributed by atoms with Crippen molar-refractivity contribution < 1.29 is 0 Å². The second kappa shape index (κ2) is 11.6. The van der Waals surface area contributed by atoms with E-state index in [9.17, 15) is 0 Å². The minimum atomic E-state index is 0.649. The highest BCUT2D eigenvalue weighted by molar-refractivity contribution is 7.25. The van der Waals surface area contributed by atoms with E-state index < -0.39 is 0 Å². The summed E-state index contributed by atoms with van der Waals surface area (Å²) < 4.78 is 4.83. The van der Waals surface area contributed by atoms with Crippen LogP contribution in [0.3, 0.4) is 0 Å². The van der Waals surface area contributed by atoms with Crippen molar-refractivity contribution in [2.75, 3.05) is 0 Å². The fourth-order valence-electron chi connectivity index (χ4n) is 7.14. The van der Waals surface area contributed by atoms with Gasteiger partial charge < -0.3 is 4.57 Å². The van der Waals surface area contributed by atoms with Gasteiger partial charge in [-0.3, -0.25) is 0 Å². The van der Waals surface area contributed by atoms with Crippen molar-refractivity contribution >= 4 is 53.3 Å². The van der Waals surface area contributed by atoms with Gasteiger partial charge in [0.25, 0.3) is 0 Å². The van der Waals surface area contributed by atoms with Crippen molar-refractivity contribution in [3.63, 3.8) is 0 Å². The van der Waals surface area contributed by atoms with Crippen LogP contribution in [0.2, 0.25) is 0 Å². The summed E-state index contributed by atoms with van der Waals surface area (Å²) in [5, 5.41) is 4.92. The first kappa shape index (κ1) is 28.6. The second-order valence-corrected chi connectivity index (χ2v) is 13.5. The van der Waals surface area contributed by atoms with Gasteiger partial charge in [0.15, 0.2) is 17.5 Å². The Morgan fingerprint density at radius 2 is 0.920 bits per heavy atom. The van der Waals surface area contributed by atoms with Gasteiger partial charge in [0.2, 0.25) is 0 Å². The minimum Gasteiger partial charge on any atom is -0.309 e. The van der Waals surface area contributed by atoms with Crippen molar-refractivity contribution in [1.82, 2.24) is 19.5 Å². The van der Waals surface area contributed by atoms with E-state index in [1.165, 1.54) is 42.0 Å². The van der Waals surface area contributed by atoms with Crippen molar-refractivity contribution in [3.8, 4) is 51.0 Å². The van der Waals surface area contributed by atoms with Crippen LogP contribution >= 0.6 is 11.3 Å². The standard InChI is InChI=1S/C45H28N4S/c1-2-12-30(13-3-1)43-46-44(48-45(47-43)37-19-11-23-41-42(37)36-18-6-9-22-40(36)50-41)31-26-24-29(25-27-31)32-14-10-15-33(28-32)49-38-20-7-4-16-34(38)35-17-5-8-21-39(35)49/h1-28H. The van der Waals surface area contributed by atoms with Gasteiger partial charge in [-0.25, -0.2) is 15.0 Å². The largest absolute Gasteiger partial charge is 0.309 e. The molecule has 3 heterocycles. The Kier molecular flexibility index (Phi) is 6.64. The first-order valence-corrected chi connectivity index (χ1v) is 17.5. The van der Waals surface area contributed by atoms with E-state index in [1.807, 2.05) is 18.2 Å². The van der Waals surface area contributed by atoms with Crippen LogP contribution in [-0.4, -0.2) is 19.5 Å². The summed E-state index contributed by atoms with van der Waals surface area (Å²) in [6.45, 7) is 0. The van der Waals surface area contributed by atoms with Crippen LogP contribution < -0.4 is 0 Å². The molecule has 0 saturated carbocycles. The molecule has 0 aliphatic rings. The third-order valence-corrected chi connectivity index (χ3v) is 10.6. The zero-order valence-corrected chi connectivity index (χ0v) is 27.7. The van der Waals surface area contributed by atoms with Gasteiger partial charge in [-0.2, -0.15) is 0 Å². The fraction of sp³-hybridized carbons (Fsp3) is 0. The molecule has 7 aromatic carbocycles. The van der Waals surface area contributed by atoms with E-state index in [0.717, 1.165) is 33.5 Å². The van der Waals surface area contributed by atoms with Crippen LogP contribution in [0.25, 0.3) is 93.0 Å². The molecule has 10 aromatic rings. The van der Waals surface area contributed by atoms with Gasteiger partial charge in [-0.1, -0.05) is 133 Å². The SMILES string of the molecule is c1ccc(-c2nc(-c3ccc(-c4cccc(-n5c6ccccc6c6ccccc65)c4)cc3)nc(-c3cccc4sc5ccccc5c34)n2)cc1. The number of nitrogens with zero attached hydrogens (tertiary/aromatic N) is 4. The van der Waals surface area contributed by atoms with Gasteiger partial charge in [-0.05, 0) is 47.5 Å². The van der Waals surface area contributed by atoms with Gasteiger partial charge in [-0.15, -0.1) is 11.3 Å². The molecule has 0 N–H and O–H groups in total. The van der Waals surface area contributed by atoms with E-state index in [1.54, 1.807) is 11.3 Å². The molecule has 0 saturated heterocycles. The topological polar surface area (TPSA) is 43.6 Å². The number of para-hydroxylation sites is 2. The molecule has 0 aliphatic heterocycles. The molecule has 234 valence electrons. The smallest absolute Gasteiger partial charge is 0.164 e. The molecule has 0 fully saturated rings. The fourth-order valence-corrected chi connectivity index (χ4v) is 8.27. The highest BCUT2D eigenvalue weighted by Crippen LogP contribution is 2.40. The van der Waals surface area contributed by atoms with Gasteiger partial charge in [0, 0.05) is 53.3 Å². The maximum Gasteiger partial charge on any atom is 0.164 e. The third kappa shape index (κ3) is 4.71. The highest BCUT2D eigenvalue weighted by Gasteiger charge is 2.17. The summed E-state index contributed by atoms with van der Waals surface area (Å²) in [5.74, 6) is 1.98. The van der Waals surface area contributed by atoms with E-state index >= 15 is 0 Å². The molecule has 0 bridgehead atoms. The van der Waals surface area contributed by atoms with Gasteiger partial charge in [0.05, 0.1) is 11.0 Å². The number of hydrogen-bond donors (Lipinski definition) is 0. The number of hydrogen-bond acceptors (Lipinski definition) is 4. The number of benzene rings is 7. The first-order chi connectivity index (χ1) is 24.8.